The van der Waals surface area contributed by atoms with Crippen molar-refractivity contribution < 1.29 is 19.1 Å². The molecule has 2 bridgehead atoms. The number of rotatable bonds is 8. The van der Waals surface area contributed by atoms with Crippen LogP contribution in [0.15, 0.2) is 35.7 Å². The van der Waals surface area contributed by atoms with E-state index in [0.29, 0.717) is 35.1 Å². The SMILES string of the molecule is O=C(O)CCC/C=C\C[C@H]1[C@@H]2CC[C@@H](C2)[C@@H]1NC(=O)c1csc2ccc(F)cc12. The normalized spacial score (nSPS) is 25.8. The van der Waals surface area contributed by atoms with Gasteiger partial charge in [0.05, 0.1) is 5.56 Å². The number of benzene rings is 1. The van der Waals surface area contributed by atoms with Crippen molar-refractivity contribution in [2.75, 3.05) is 0 Å². The second kappa shape index (κ2) is 8.66. The molecule has 0 spiro atoms. The summed E-state index contributed by atoms with van der Waals surface area (Å²) in [6.45, 7) is 0. The Morgan fingerprint density at radius 2 is 2.07 bits per heavy atom. The van der Waals surface area contributed by atoms with Gasteiger partial charge in [0, 0.05) is 27.9 Å². The van der Waals surface area contributed by atoms with E-state index in [2.05, 4.69) is 17.5 Å². The lowest BCUT2D eigenvalue weighted by Gasteiger charge is -2.31. The fourth-order valence-corrected chi connectivity index (χ4v) is 6.04. The number of amides is 1. The first-order valence-electron chi connectivity index (χ1n) is 10.4. The summed E-state index contributed by atoms with van der Waals surface area (Å²) >= 11 is 1.47. The fourth-order valence-electron chi connectivity index (χ4n) is 5.12. The molecule has 2 N–H and O–H groups in total. The van der Waals surface area contributed by atoms with E-state index in [1.807, 2.05) is 5.38 Å². The van der Waals surface area contributed by atoms with Crippen molar-refractivity contribution in [3.63, 3.8) is 0 Å². The molecule has 4 atom stereocenters. The number of carbonyl (C=O) groups is 2. The number of thiophene rings is 1. The van der Waals surface area contributed by atoms with E-state index < -0.39 is 5.97 Å². The molecule has 4 nitrogen and oxygen atoms in total. The molecule has 2 aromatic rings. The maximum atomic E-state index is 13.7. The second-order valence-electron chi connectivity index (χ2n) is 8.28. The standard InChI is InChI=1S/C23H26FNO3S/c24-16-9-10-20-18(12-16)19(13-29-20)23(28)25-22-15-8-7-14(11-15)17(22)5-3-1-2-4-6-21(26)27/h1,3,9-10,12-15,17,22H,2,4-8,11H2,(H,25,28)(H,26,27)/b3-1-/t14-,15+,17+,22+/m1/s1. The lowest BCUT2D eigenvalue weighted by molar-refractivity contribution is -0.137. The molecule has 1 heterocycles. The van der Waals surface area contributed by atoms with Gasteiger partial charge in [-0.3, -0.25) is 9.59 Å². The van der Waals surface area contributed by atoms with Gasteiger partial charge in [0.1, 0.15) is 5.82 Å². The topological polar surface area (TPSA) is 66.4 Å². The van der Waals surface area contributed by atoms with Crippen LogP contribution in [0.4, 0.5) is 4.39 Å². The van der Waals surface area contributed by atoms with Gasteiger partial charge in [-0.1, -0.05) is 12.2 Å². The monoisotopic (exact) mass is 415 g/mol. The number of hydrogen-bond donors (Lipinski definition) is 2. The molecule has 4 rings (SSSR count). The smallest absolute Gasteiger partial charge is 0.303 e. The first-order valence-corrected chi connectivity index (χ1v) is 11.3. The Labute approximate surface area is 173 Å². The van der Waals surface area contributed by atoms with Gasteiger partial charge in [0.15, 0.2) is 0 Å². The zero-order valence-corrected chi connectivity index (χ0v) is 17.1. The average molecular weight is 416 g/mol. The quantitative estimate of drug-likeness (QED) is 0.449. The minimum absolute atomic E-state index is 0.102. The van der Waals surface area contributed by atoms with Gasteiger partial charge >= 0.3 is 5.97 Å². The number of halogens is 1. The highest BCUT2D eigenvalue weighted by Crippen LogP contribution is 2.50. The largest absolute Gasteiger partial charge is 0.481 e. The third kappa shape index (κ3) is 4.37. The number of allylic oxidation sites excluding steroid dienone is 2. The van der Waals surface area contributed by atoms with E-state index in [9.17, 15) is 14.0 Å². The second-order valence-corrected chi connectivity index (χ2v) is 9.19. The number of unbranched alkanes of at least 4 members (excludes halogenated alkanes) is 1. The molecule has 6 heteroatoms. The summed E-state index contributed by atoms with van der Waals surface area (Å²) in [6, 6.07) is 4.75. The Bertz CT molecular complexity index is 937. The van der Waals surface area contributed by atoms with Crippen LogP contribution in [0.3, 0.4) is 0 Å². The van der Waals surface area contributed by atoms with Crippen LogP contribution in [-0.4, -0.2) is 23.0 Å². The van der Waals surface area contributed by atoms with Gasteiger partial charge in [-0.05, 0) is 74.5 Å². The van der Waals surface area contributed by atoms with Crippen LogP contribution in [0, 0.1) is 23.6 Å². The minimum Gasteiger partial charge on any atom is -0.481 e. The van der Waals surface area contributed by atoms with Gasteiger partial charge < -0.3 is 10.4 Å². The van der Waals surface area contributed by atoms with Crippen LogP contribution in [-0.2, 0) is 4.79 Å². The summed E-state index contributed by atoms with van der Waals surface area (Å²) in [5, 5.41) is 14.5. The summed E-state index contributed by atoms with van der Waals surface area (Å²) in [5.74, 6) is 0.414. The lowest BCUT2D eigenvalue weighted by atomic mass is 9.82. The summed E-state index contributed by atoms with van der Waals surface area (Å²) in [5.41, 5.74) is 0.565. The Hall–Kier alpha value is -2.21. The molecule has 0 saturated heterocycles. The maximum Gasteiger partial charge on any atom is 0.303 e. The van der Waals surface area contributed by atoms with Crippen LogP contribution < -0.4 is 5.32 Å². The van der Waals surface area contributed by atoms with Crippen molar-refractivity contribution in [2.24, 2.45) is 17.8 Å². The number of hydrogen-bond acceptors (Lipinski definition) is 3. The van der Waals surface area contributed by atoms with Crippen molar-refractivity contribution >= 4 is 33.3 Å². The van der Waals surface area contributed by atoms with E-state index in [0.717, 1.165) is 24.0 Å². The van der Waals surface area contributed by atoms with Crippen molar-refractivity contribution in [1.29, 1.82) is 0 Å². The van der Waals surface area contributed by atoms with Gasteiger partial charge in [-0.2, -0.15) is 0 Å². The Balaban J connectivity index is 1.41. The Morgan fingerprint density at radius 3 is 2.90 bits per heavy atom. The van der Waals surface area contributed by atoms with E-state index >= 15 is 0 Å². The van der Waals surface area contributed by atoms with E-state index in [4.69, 9.17) is 5.11 Å². The average Bonchev–Trinajstić information content (AvgIpc) is 3.39. The molecule has 29 heavy (non-hydrogen) atoms. The molecule has 0 unspecified atom stereocenters. The van der Waals surface area contributed by atoms with E-state index in [1.54, 1.807) is 6.07 Å². The number of nitrogens with one attached hydrogen (secondary N) is 1. The number of fused-ring (bicyclic) bond motifs is 3. The zero-order chi connectivity index (χ0) is 20.4. The maximum absolute atomic E-state index is 13.7. The van der Waals surface area contributed by atoms with Gasteiger partial charge in [-0.25, -0.2) is 4.39 Å². The first kappa shape index (κ1) is 20.1. The summed E-state index contributed by atoms with van der Waals surface area (Å²) < 4.78 is 14.6. The highest BCUT2D eigenvalue weighted by Gasteiger charge is 2.47. The molecule has 2 fully saturated rings. The summed E-state index contributed by atoms with van der Waals surface area (Å²) in [6.07, 6.45) is 10.3. The molecule has 2 saturated carbocycles. The molecule has 1 amide bonds. The van der Waals surface area contributed by atoms with Crippen molar-refractivity contribution in [1.82, 2.24) is 5.32 Å². The fraction of sp³-hybridized carbons (Fsp3) is 0.478. The molecule has 2 aliphatic rings. The molecule has 1 aromatic carbocycles. The van der Waals surface area contributed by atoms with Gasteiger partial charge in [0.2, 0.25) is 0 Å². The predicted molar refractivity (Wildman–Crippen MR) is 113 cm³/mol. The number of carboxylic acids is 1. The highest BCUT2D eigenvalue weighted by molar-refractivity contribution is 7.17. The Kier molecular flexibility index (Phi) is 5.99. The van der Waals surface area contributed by atoms with Crippen LogP contribution in [0.5, 0.6) is 0 Å². The van der Waals surface area contributed by atoms with Crippen LogP contribution in [0.25, 0.3) is 10.1 Å². The van der Waals surface area contributed by atoms with Crippen molar-refractivity contribution in [2.45, 2.75) is 51.0 Å². The number of carbonyl (C=O) groups excluding carboxylic acids is 1. The summed E-state index contributed by atoms with van der Waals surface area (Å²) in [7, 11) is 0. The Morgan fingerprint density at radius 1 is 1.24 bits per heavy atom. The highest BCUT2D eigenvalue weighted by atomic mass is 32.1. The molecule has 154 valence electrons. The first-order chi connectivity index (χ1) is 14.0. The minimum atomic E-state index is -0.755. The predicted octanol–water partition coefficient (Wildman–Crippen LogP) is 5.39. The lowest BCUT2D eigenvalue weighted by Crippen LogP contribution is -2.43. The van der Waals surface area contributed by atoms with Crippen LogP contribution in [0.2, 0.25) is 0 Å². The van der Waals surface area contributed by atoms with Crippen molar-refractivity contribution in [3.8, 4) is 0 Å². The van der Waals surface area contributed by atoms with E-state index in [-0.39, 0.29) is 24.2 Å². The molecular weight excluding hydrogens is 389 g/mol. The van der Waals surface area contributed by atoms with Gasteiger partial charge in [-0.15, -0.1) is 11.3 Å². The van der Waals surface area contributed by atoms with Crippen LogP contribution in [0.1, 0.15) is 55.3 Å². The molecule has 1 aromatic heterocycles. The molecule has 0 radical (unpaired) electrons. The molecule has 2 aliphatic carbocycles. The third-order valence-electron chi connectivity index (χ3n) is 6.50. The summed E-state index contributed by atoms with van der Waals surface area (Å²) in [4.78, 5) is 23.6. The van der Waals surface area contributed by atoms with E-state index in [1.165, 1.54) is 36.3 Å². The molecule has 0 aliphatic heterocycles. The number of carboxylic acid groups (broad SMARTS) is 1. The molecular formula is C23H26FNO3S. The number of aliphatic carboxylic acids is 1. The zero-order valence-electron chi connectivity index (χ0n) is 16.3. The van der Waals surface area contributed by atoms with Gasteiger partial charge in [0.25, 0.3) is 5.91 Å². The van der Waals surface area contributed by atoms with Crippen molar-refractivity contribution in [3.05, 3.63) is 47.1 Å². The van der Waals surface area contributed by atoms with Crippen LogP contribution >= 0.6 is 11.3 Å². The third-order valence-corrected chi connectivity index (χ3v) is 7.47.